The number of carboxylic acids is 1. The Morgan fingerprint density at radius 3 is 2.52 bits per heavy atom. The van der Waals surface area contributed by atoms with Crippen LogP contribution in [0.5, 0.6) is 5.75 Å². The van der Waals surface area contributed by atoms with Crippen LogP contribution in [0.2, 0.25) is 0 Å². The van der Waals surface area contributed by atoms with Gasteiger partial charge in [0.2, 0.25) is 0 Å². The van der Waals surface area contributed by atoms with Crippen LogP contribution in [0.1, 0.15) is 20.3 Å². The Balaban J connectivity index is 1.99. The number of amides is 1. The van der Waals surface area contributed by atoms with Crippen molar-refractivity contribution >= 4 is 22.6 Å². The lowest BCUT2D eigenvalue weighted by molar-refractivity contribution is -0.142. The van der Waals surface area contributed by atoms with E-state index < -0.39 is 17.9 Å². The standard InChI is InChI=1S/C18H21NO4/c1-12(2)10-15(18(21)22)19-17(20)11-23-16-9-5-7-13-6-3-4-8-14(13)16/h3-9,12,15H,10-11H2,1-2H3,(H,19,20)(H,21,22). The monoisotopic (exact) mass is 315 g/mol. The van der Waals surface area contributed by atoms with Gasteiger partial charge in [0.1, 0.15) is 11.8 Å². The summed E-state index contributed by atoms with van der Waals surface area (Å²) in [6.07, 6.45) is 0.384. The van der Waals surface area contributed by atoms with Crippen molar-refractivity contribution in [3.05, 3.63) is 42.5 Å². The average molecular weight is 315 g/mol. The molecule has 0 bridgehead atoms. The maximum absolute atomic E-state index is 11.9. The minimum atomic E-state index is -1.03. The van der Waals surface area contributed by atoms with E-state index in [0.29, 0.717) is 12.2 Å². The molecule has 0 aliphatic rings. The minimum Gasteiger partial charge on any atom is -0.483 e. The lowest BCUT2D eigenvalue weighted by Crippen LogP contribution is -2.43. The summed E-state index contributed by atoms with van der Waals surface area (Å²) in [6, 6.07) is 12.4. The summed E-state index contributed by atoms with van der Waals surface area (Å²) in [5.74, 6) is -0.687. The van der Waals surface area contributed by atoms with Gasteiger partial charge in [-0.25, -0.2) is 4.79 Å². The molecule has 2 aromatic rings. The highest BCUT2D eigenvalue weighted by Gasteiger charge is 2.21. The molecule has 122 valence electrons. The van der Waals surface area contributed by atoms with Crippen LogP contribution in [-0.4, -0.2) is 29.6 Å². The number of carbonyl (C=O) groups excluding carboxylic acids is 1. The maximum atomic E-state index is 11.9. The summed E-state index contributed by atoms with van der Waals surface area (Å²) < 4.78 is 5.56. The maximum Gasteiger partial charge on any atom is 0.326 e. The second-order valence-electron chi connectivity index (χ2n) is 5.85. The molecule has 1 amide bonds. The van der Waals surface area contributed by atoms with E-state index in [4.69, 9.17) is 9.84 Å². The Labute approximate surface area is 135 Å². The van der Waals surface area contributed by atoms with Crippen molar-refractivity contribution in [1.29, 1.82) is 0 Å². The number of fused-ring (bicyclic) bond motifs is 1. The van der Waals surface area contributed by atoms with Crippen molar-refractivity contribution in [3.8, 4) is 5.75 Å². The fourth-order valence-corrected chi connectivity index (χ4v) is 2.39. The van der Waals surface area contributed by atoms with E-state index in [9.17, 15) is 9.59 Å². The molecule has 2 N–H and O–H groups in total. The minimum absolute atomic E-state index is 0.176. The van der Waals surface area contributed by atoms with Crippen LogP contribution in [0, 0.1) is 5.92 Å². The molecule has 0 aliphatic heterocycles. The molecule has 0 radical (unpaired) electrons. The molecule has 0 saturated carbocycles. The highest BCUT2D eigenvalue weighted by molar-refractivity contribution is 5.89. The van der Waals surface area contributed by atoms with E-state index in [1.165, 1.54) is 0 Å². The Kier molecular flexibility index (Phi) is 5.57. The zero-order valence-electron chi connectivity index (χ0n) is 13.3. The molecular formula is C18H21NO4. The first-order valence-electron chi connectivity index (χ1n) is 7.60. The van der Waals surface area contributed by atoms with E-state index in [0.717, 1.165) is 10.8 Å². The van der Waals surface area contributed by atoms with Crippen LogP contribution in [-0.2, 0) is 9.59 Å². The quantitative estimate of drug-likeness (QED) is 0.824. The first-order valence-corrected chi connectivity index (χ1v) is 7.60. The van der Waals surface area contributed by atoms with E-state index in [1.807, 2.05) is 50.2 Å². The largest absolute Gasteiger partial charge is 0.483 e. The van der Waals surface area contributed by atoms with Crippen molar-refractivity contribution in [3.63, 3.8) is 0 Å². The van der Waals surface area contributed by atoms with Crippen LogP contribution < -0.4 is 10.1 Å². The van der Waals surface area contributed by atoms with Crippen molar-refractivity contribution in [2.45, 2.75) is 26.3 Å². The van der Waals surface area contributed by atoms with Gasteiger partial charge in [-0.2, -0.15) is 0 Å². The molecule has 23 heavy (non-hydrogen) atoms. The molecule has 2 aromatic carbocycles. The van der Waals surface area contributed by atoms with Crippen LogP contribution in [0.3, 0.4) is 0 Å². The number of rotatable bonds is 7. The molecule has 1 unspecified atom stereocenters. The number of ether oxygens (including phenoxy) is 1. The molecule has 0 spiro atoms. The van der Waals surface area contributed by atoms with E-state index in [1.54, 1.807) is 6.07 Å². The SMILES string of the molecule is CC(C)CC(NC(=O)COc1cccc2ccccc12)C(=O)O. The molecule has 1 atom stereocenters. The van der Waals surface area contributed by atoms with Gasteiger partial charge < -0.3 is 15.2 Å². The molecule has 5 heteroatoms. The van der Waals surface area contributed by atoms with Crippen LogP contribution in [0.4, 0.5) is 0 Å². The summed E-state index contributed by atoms with van der Waals surface area (Å²) in [5.41, 5.74) is 0. The second kappa shape index (κ2) is 7.63. The molecule has 5 nitrogen and oxygen atoms in total. The predicted molar refractivity (Wildman–Crippen MR) is 88.5 cm³/mol. The average Bonchev–Trinajstić information content (AvgIpc) is 2.51. The third kappa shape index (κ3) is 4.71. The molecule has 2 rings (SSSR count). The Bertz CT molecular complexity index is 691. The lowest BCUT2D eigenvalue weighted by atomic mass is 10.0. The third-order valence-corrected chi connectivity index (χ3v) is 3.45. The first-order chi connectivity index (χ1) is 11.0. The van der Waals surface area contributed by atoms with Gasteiger partial charge in [-0.1, -0.05) is 50.2 Å². The lowest BCUT2D eigenvalue weighted by Gasteiger charge is -2.17. The number of nitrogens with one attached hydrogen (secondary N) is 1. The van der Waals surface area contributed by atoms with Gasteiger partial charge in [-0.15, -0.1) is 0 Å². The normalized spacial score (nSPS) is 12.1. The van der Waals surface area contributed by atoms with Gasteiger partial charge in [-0.05, 0) is 23.8 Å². The van der Waals surface area contributed by atoms with Crippen LogP contribution in [0.25, 0.3) is 10.8 Å². The van der Waals surface area contributed by atoms with Gasteiger partial charge in [0.25, 0.3) is 5.91 Å². The summed E-state index contributed by atoms with van der Waals surface area (Å²) in [7, 11) is 0. The zero-order valence-corrected chi connectivity index (χ0v) is 13.3. The molecular weight excluding hydrogens is 294 g/mol. The zero-order chi connectivity index (χ0) is 16.8. The molecule has 0 aromatic heterocycles. The Hall–Kier alpha value is -2.56. The van der Waals surface area contributed by atoms with Gasteiger partial charge >= 0.3 is 5.97 Å². The molecule has 0 aliphatic carbocycles. The van der Waals surface area contributed by atoms with Gasteiger partial charge in [-0.3, -0.25) is 4.79 Å². The molecule has 0 fully saturated rings. The molecule has 0 saturated heterocycles. The smallest absolute Gasteiger partial charge is 0.326 e. The number of hydrogen-bond donors (Lipinski definition) is 2. The Morgan fingerprint density at radius 2 is 1.83 bits per heavy atom. The summed E-state index contributed by atoms with van der Waals surface area (Å²) in [6.45, 7) is 3.61. The number of hydrogen-bond acceptors (Lipinski definition) is 3. The molecule has 0 heterocycles. The summed E-state index contributed by atoms with van der Waals surface area (Å²) in [5, 5.41) is 13.6. The van der Waals surface area contributed by atoms with E-state index >= 15 is 0 Å². The number of carboxylic acid groups (broad SMARTS) is 1. The topological polar surface area (TPSA) is 75.6 Å². The van der Waals surface area contributed by atoms with Crippen molar-refractivity contribution < 1.29 is 19.4 Å². The van der Waals surface area contributed by atoms with E-state index in [-0.39, 0.29) is 12.5 Å². The fraction of sp³-hybridized carbons (Fsp3) is 0.333. The summed E-state index contributed by atoms with van der Waals surface area (Å²) in [4.78, 5) is 23.1. The van der Waals surface area contributed by atoms with E-state index in [2.05, 4.69) is 5.32 Å². The van der Waals surface area contributed by atoms with Crippen molar-refractivity contribution in [2.24, 2.45) is 5.92 Å². The van der Waals surface area contributed by atoms with Gasteiger partial charge in [0, 0.05) is 5.39 Å². The fourth-order valence-electron chi connectivity index (χ4n) is 2.39. The summed E-state index contributed by atoms with van der Waals surface area (Å²) >= 11 is 0. The van der Waals surface area contributed by atoms with Gasteiger partial charge in [0.05, 0.1) is 0 Å². The first kappa shape index (κ1) is 16.8. The number of aliphatic carboxylic acids is 1. The highest BCUT2D eigenvalue weighted by atomic mass is 16.5. The third-order valence-electron chi connectivity index (χ3n) is 3.45. The van der Waals surface area contributed by atoms with Crippen LogP contribution in [0.15, 0.2) is 42.5 Å². The van der Waals surface area contributed by atoms with Gasteiger partial charge in [0.15, 0.2) is 6.61 Å². The predicted octanol–water partition coefficient (Wildman–Crippen LogP) is 2.83. The number of benzene rings is 2. The van der Waals surface area contributed by atoms with Crippen molar-refractivity contribution in [2.75, 3.05) is 6.61 Å². The number of carbonyl (C=O) groups is 2. The Morgan fingerprint density at radius 1 is 1.13 bits per heavy atom. The second-order valence-corrected chi connectivity index (χ2v) is 5.85. The highest BCUT2D eigenvalue weighted by Crippen LogP contribution is 2.24. The van der Waals surface area contributed by atoms with Crippen LogP contribution >= 0.6 is 0 Å². The van der Waals surface area contributed by atoms with Crippen molar-refractivity contribution in [1.82, 2.24) is 5.32 Å².